The van der Waals surface area contributed by atoms with E-state index in [4.69, 9.17) is 4.74 Å². The van der Waals surface area contributed by atoms with Gasteiger partial charge in [0.05, 0.1) is 6.04 Å². The number of thiophene rings is 1. The number of hydrogen-bond donors (Lipinski definition) is 1. The fourth-order valence-corrected chi connectivity index (χ4v) is 4.01. The third kappa shape index (κ3) is 3.70. The SMILES string of the molecule is CCNC(c1sccc1Br)C(OCC)c1ccccc1. The summed E-state index contributed by atoms with van der Waals surface area (Å²) in [7, 11) is 0. The first-order valence-electron chi connectivity index (χ1n) is 6.90. The van der Waals surface area contributed by atoms with Gasteiger partial charge in [0.1, 0.15) is 6.10 Å². The Hall–Kier alpha value is -0.680. The highest BCUT2D eigenvalue weighted by Crippen LogP contribution is 2.38. The molecule has 0 saturated heterocycles. The van der Waals surface area contributed by atoms with E-state index in [1.165, 1.54) is 10.4 Å². The van der Waals surface area contributed by atoms with E-state index in [0.717, 1.165) is 11.0 Å². The lowest BCUT2D eigenvalue weighted by molar-refractivity contribution is 0.0338. The molecule has 1 N–H and O–H groups in total. The van der Waals surface area contributed by atoms with Crippen molar-refractivity contribution in [2.75, 3.05) is 13.2 Å². The van der Waals surface area contributed by atoms with Gasteiger partial charge in [0, 0.05) is 16.0 Å². The van der Waals surface area contributed by atoms with Crippen LogP contribution in [0.3, 0.4) is 0 Å². The molecule has 0 bridgehead atoms. The molecule has 1 aromatic carbocycles. The lowest BCUT2D eigenvalue weighted by Gasteiger charge is -2.28. The van der Waals surface area contributed by atoms with Gasteiger partial charge in [0.2, 0.25) is 0 Å². The Morgan fingerprint density at radius 2 is 1.95 bits per heavy atom. The van der Waals surface area contributed by atoms with E-state index < -0.39 is 0 Å². The van der Waals surface area contributed by atoms with Gasteiger partial charge in [-0.1, -0.05) is 37.3 Å². The molecule has 1 aromatic heterocycles. The van der Waals surface area contributed by atoms with Crippen molar-refractivity contribution in [1.29, 1.82) is 0 Å². The largest absolute Gasteiger partial charge is 0.372 e. The molecule has 2 aromatic rings. The maximum Gasteiger partial charge on any atom is 0.103 e. The summed E-state index contributed by atoms with van der Waals surface area (Å²) in [5, 5.41) is 5.67. The average Bonchev–Trinajstić information content (AvgIpc) is 2.90. The van der Waals surface area contributed by atoms with Crippen LogP contribution < -0.4 is 5.32 Å². The molecule has 2 atom stereocenters. The van der Waals surface area contributed by atoms with Crippen LogP contribution in [0.2, 0.25) is 0 Å². The zero-order valence-electron chi connectivity index (χ0n) is 11.8. The summed E-state index contributed by atoms with van der Waals surface area (Å²) < 4.78 is 7.19. The quantitative estimate of drug-likeness (QED) is 0.761. The molecule has 0 saturated carbocycles. The molecule has 0 aliphatic heterocycles. The Labute approximate surface area is 133 Å². The van der Waals surface area contributed by atoms with Crippen LogP contribution in [0, 0.1) is 0 Å². The standard InChI is InChI=1S/C16H20BrNOS/c1-3-18-14(16-13(17)10-11-20-16)15(19-4-2)12-8-6-5-7-9-12/h5-11,14-15,18H,3-4H2,1-2H3. The van der Waals surface area contributed by atoms with Crippen LogP contribution in [0.4, 0.5) is 0 Å². The van der Waals surface area contributed by atoms with E-state index in [1.807, 2.05) is 13.0 Å². The molecule has 0 amide bonds. The molecule has 0 spiro atoms. The number of rotatable bonds is 7. The van der Waals surface area contributed by atoms with E-state index in [9.17, 15) is 0 Å². The summed E-state index contributed by atoms with van der Waals surface area (Å²) in [6.45, 7) is 5.78. The van der Waals surface area contributed by atoms with Crippen LogP contribution >= 0.6 is 27.3 Å². The fraction of sp³-hybridized carbons (Fsp3) is 0.375. The molecule has 2 rings (SSSR count). The first-order valence-corrected chi connectivity index (χ1v) is 8.58. The number of halogens is 1. The van der Waals surface area contributed by atoms with Crippen LogP contribution in [-0.2, 0) is 4.74 Å². The Morgan fingerprint density at radius 3 is 2.50 bits per heavy atom. The van der Waals surface area contributed by atoms with Gasteiger partial charge in [-0.3, -0.25) is 0 Å². The van der Waals surface area contributed by atoms with Crippen LogP contribution in [-0.4, -0.2) is 13.2 Å². The van der Waals surface area contributed by atoms with Gasteiger partial charge >= 0.3 is 0 Å². The Bertz CT molecular complexity index is 514. The Kier molecular flexibility index (Phi) is 6.23. The average molecular weight is 354 g/mol. The zero-order valence-corrected chi connectivity index (χ0v) is 14.2. The topological polar surface area (TPSA) is 21.3 Å². The van der Waals surface area contributed by atoms with E-state index >= 15 is 0 Å². The minimum atomic E-state index is 0.0242. The number of likely N-dealkylation sites (N-methyl/N-ethyl adjacent to an activating group) is 1. The van der Waals surface area contributed by atoms with Crippen molar-refractivity contribution >= 4 is 27.3 Å². The number of benzene rings is 1. The van der Waals surface area contributed by atoms with Crippen molar-refractivity contribution in [1.82, 2.24) is 5.32 Å². The second-order valence-corrected chi connectivity index (χ2v) is 6.26. The van der Waals surface area contributed by atoms with Crippen molar-refractivity contribution in [3.05, 3.63) is 56.7 Å². The summed E-state index contributed by atoms with van der Waals surface area (Å²) in [5.74, 6) is 0. The normalized spacial score (nSPS) is 14.2. The highest BCUT2D eigenvalue weighted by Gasteiger charge is 2.27. The van der Waals surface area contributed by atoms with Gasteiger partial charge in [-0.05, 0) is 46.4 Å². The molecular formula is C16H20BrNOS. The molecule has 108 valence electrons. The van der Waals surface area contributed by atoms with E-state index in [0.29, 0.717) is 6.61 Å². The minimum Gasteiger partial charge on any atom is -0.372 e. The monoisotopic (exact) mass is 353 g/mol. The van der Waals surface area contributed by atoms with E-state index in [1.54, 1.807) is 11.3 Å². The summed E-state index contributed by atoms with van der Waals surface area (Å²) in [6, 6.07) is 12.7. The Balaban J connectivity index is 2.35. The van der Waals surface area contributed by atoms with Crippen LogP contribution in [0.15, 0.2) is 46.3 Å². The van der Waals surface area contributed by atoms with Crippen molar-refractivity contribution in [3.8, 4) is 0 Å². The Morgan fingerprint density at radius 1 is 1.20 bits per heavy atom. The lowest BCUT2D eigenvalue weighted by Crippen LogP contribution is -2.28. The second kappa shape index (κ2) is 7.93. The predicted octanol–water partition coefficient (Wildman–Crippen LogP) is 4.94. The van der Waals surface area contributed by atoms with Crippen LogP contribution in [0.1, 0.15) is 36.4 Å². The zero-order chi connectivity index (χ0) is 14.4. The van der Waals surface area contributed by atoms with E-state index in [2.05, 4.69) is 63.9 Å². The van der Waals surface area contributed by atoms with Crippen molar-refractivity contribution in [2.24, 2.45) is 0 Å². The van der Waals surface area contributed by atoms with E-state index in [-0.39, 0.29) is 12.1 Å². The first-order chi connectivity index (χ1) is 9.77. The van der Waals surface area contributed by atoms with Crippen LogP contribution in [0.5, 0.6) is 0 Å². The molecule has 2 nitrogen and oxygen atoms in total. The maximum absolute atomic E-state index is 6.04. The molecule has 2 unspecified atom stereocenters. The second-order valence-electron chi connectivity index (χ2n) is 4.45. The molecule has 4 heteroatoms. The van der Waals surface area contributed by atoms with Crippen molar-refractivity contribution in [3.63, 3.8) is 0 Å². The molecule has 0 aliphatic carbocycles. The summed E-state index contributed by atoms with van der Waals surface area (Å²) >= 11 is 5.40. The van der Waals surface area contributed by atoms with Crippen LogP contribution in [0.25, 0.3) is 0 Å². The molecule has 0 radical (unpaired) electrons. The molecule has 1 heterocycles. The fourth-order valence-electron chi connectivity index (χ4n) is 2.29. The maximum atomic E-state index is 6.04. The predicted molar refractivity (Wildman–Crippen MR) is 89.2 cm³/mol. The first kappa shape index (κ1) is 15.7. The van der Waals surface area contributed by atoms with Gasteiger partial charge in [-0.25, -0.2) is 0 Å². The van der Waals surface area contributed by atoms with Gasteiger partial charge in [-0.2, -0.15) is 0 Å². The number of nitrogens with one attached hydrogen (secondary N) is 1. The minimum absolute atomic E-state index is 0.0242. The molecular weight excluding hydrogens is 334 g/mol. The highest BCUT2D eigenvalue weighted by molar-refractivity contribution is 9.10. The van der Waals surface area contributed by atoms with Gasteiger partial charge < -0.3 is 10.1 Å². The van der Waals surface area contributed by atoms with Gasteiger partial charge in [-0.15, -0.1) is 11.3 Å². The molecule has 20 heavy (non-hydrogen) atoms. The third-order valence-corrected chi connectivity index (χ3v) is 5.08. The molecule has 0 fully saturated rings. The summed E-state index contributed by atoms with van der Waals surface area (Å²) in [5.41, 5.74) is 1.21. The lowest BCUT2D eigenvalue weighted by atomic mass is 10.0. The smallest absolute Gasteiger partial charge is 0.103 e. The van der Waals surface area contributed by atoms with Gasteiger partial charge in [0.25, 0.3) is 0 Å². The van der Waals surface area contributed by atoms with Crippen molar-refractivity contribution in [2.45, 2.75) is 26.0 Å². The number of ether oxygens (including phenoxy) is 1. The van der Waals surface area contributed by atoms with Crippen molar-refractivity contribution < 1.29 is 4.74 Å². The van der Waals surface area contributed by atoms with Gasteiger partial charge in [0.15, 0.2) is 0 Å². The highest BCUT2D eigenvalue weighted by atomic mass is 79.9. The summed E-state index contributed by atoms with van der Waals surface area (Å²) in [4.78, 5) is 1.29. The third-order valence-electron chi connectivity index (χ3n) is 3.13. The molecule has 0 aliphatic rings. The summed E-state index contributed by atoms with van der Waals surface area (Å²) in [6.07, 6.45) is 0.0242. The number of hydrogen-bond acceptors (Lipinski definition) is 3.